The Labute approximate surface area is 121 Å². The van der Waals surface area contributed by atoms with Crippen LogP contribution < -0.4 is 10.1 Å². The van der Waals surface area contributed by atoms with Gasteiger partial charge < -0.3 is 10.1 Å². The van der Waals surface area contributed by atoms with Crippen molar-refractivity contribution in [1.29, 1.82) is 0 Å². The number of nitrogens with zero attached hydrogens (tertiary/aromatic N) is 2. The topological polar surface area (TPSA) is 79.9 Å². The Morgan fingerprint density at radius 2 is 2.15 bits per heavy atom. The van der Waals surface area contributed by atoms with Gasteiger partial charge in [0.15, 0.2) is 6.61 Å². The highest BCUT2D eigenvalue weighted by atomic mass is 35.5. The number of hydrogen-bond donors (Lipinski definition) is 2. The van der Waals surface area contributed by atoms with Crippen molar-refractivity contribution < 1.29 is 9.53 Å². The Morgan fingerprint density at radius 3 is 2.85 bits per heavy atom. The molecule has 106 valence electrons. The maximum Gasteiger partial charge on any atom is 0.257 e. The highest BCUT2D eigenvalue weighted by Gasteiger charge is 2.03. The minimum atomic E-state index is -0.155. The van der Waals surface area contributed by atoms with Gasteiger partial charge in [-0.25, -0.2) is 4.98 Å². The summed E-state index contributed by atoms with van der Waals surface area (Å²) in [7, 11) is 0. The van der Waals surface area contributed by atoms with E-state index in [4.69, 9.17) is 16.3 Å². The molecule has 1 aromatic carbocycles. The number of aromatic nitrogens is 3. The molecule has 0 bridgehead atoms. The largest absolute Gasteiger partial charge is 0.484 e. The molecule has 0 aliphatic carbocycles. The van der Waals surface area contributed by atoms with Crippen LogP contribution >= 0.6 is 11.6 Å². The van der Waals surface area contributed by atoms with Crippen molar-refractivity contribution in [3.05, 3.63) is 41.4 Å². The van der Waals surface area contributed by atoms with Gasteiger partial charge in [0.1, 0.15) is 17.9 Å². The average molecular weight is 295 g/mol. The van der Waals surface area contributed by atoms with Crippen molar-refractivity contribution in [3.63, 3.8) is 0 Å². The number of halogens is 1. The van der Waals surface area contributed by atoms with E-state index in [1.165, 1.54) is 6.33 Å². The predicted molar refractivity (Wildman–Crippen MR) is 74.7 cm³/mol. The van der Waals surface area contributed by atoms with Crippen molar-refractivity contribution >= 4 is 17.5 Å². The van der Waals surface area contributed by atoms with E-state index in [1.807, 2.05) is 0 Å². The predicted octanol–water partition coefficient (Wildman–Crippen LogP) is 1.59. The lowest BCUT2D eigenvalue weighted by molar-refractivity contribution is -0.123. The first-order valence-corrected chi connectivity index (χ1v) is 6.61. The summed E-state index contributed by atoms with van der Waals surface area (Å²) in [5.74, 6) is 1.28. The van der Waals surface area contributed by atoms with Gasteiger partial charge in [-0.1, -0.05) is 11.6 Å². The zero-order chi connectivity index (χ0) is 14.2. The second-order valence-corrected chi connectivity index (χ2v) is 4.56. The summed E-state index contributed by atoms with van der Waals surface area (Å²) in [4.78, 5) is 15.5. The van der Waals surface area contributed by atoms with Gasteiger partial charge >= 0.3 is 0 Å². The van der Waals surface area contributed by atoms with Gasteiger partial charge in [0, 0.05) is 18.0 Å². The summed E-state index contributed by atoms with van der Waals surface area (Å²) >= 11 is 5.75. The quantitative estimate of drug-likeness (QED) is 0.760. The summed E-state index contributed by atoms with van der Waals surface area (Å²) in [6.45, 7) is 0.563. The second-order valence-electron chi connectivity index (χ2n) is 4.13. The highest BCUT2D eigenvalue weighted by Crippen LogP contribution is 2.15. The lowest BCUT2D eigenvalue weighted by Crippen LogP contribution is -2.29. The molecule has 0 unspecified atom stereocenters. The lowest BCUT2D eigenvalue weighted by Gasteiger charge is -2.07. The summed E-state index contributed by atoms with van der Waals surface area (Å²) < 4.78 is 5.33. The monoisotopic (exact) mass is 294 g/mol. The molecule has 20 heavy (non-hydrogen) atoms. The van der Waals surface area contributed by atoms with Crippen molar-refractivity contribution in [1.82, 2.24) is 20.5 Å². The Morgan fingerprint density at radius 1 is 1.35 bits per heavy atom. The number of carbonyl (C=O) groups excluding carboxylic acids is 1. The van der Waals surface area contributed by atoms with E-state index in [9.17, 15) is 4.79 Å². The minimum absolute atomic E-state index is 0.00998. The van der Waals surface area contributed by atoms with Crippen LogP contribution in [0.1, 0.15) is 12.2 Å². The van der Waals surface area contributed by atoms with Crippen LogP contribution in [0, 0.1) is 0 Å². The normalized spacial score (nSPS) is 10.2. The van der Waals surface area contributed by atoms with Crippen molar-refractivity contribution in [2.45, 2.75) is 12.8 Å². The van der Waals surface area contributed by atoms with Crippen LogP contribution in [-0.4, -0.2) is 34.2 Å². The second kappa shape index (κ2) is 7.49. The number of carbonyl (C=O) groups is 1. The lowest BCUT2D eigenvalue weighted by atomic mass is 10.3. The number of nitrogens with one attached hydrogen (secondary N) is 2. The summed E-state index contributed by atoms with van der Waals surface area (Å²) in [5.41, 5.74) is 0. The Bertz CT molecular complexity index is 528. The fourth-order valence-corrected chi connectivity index (χ4v) is 1.69. The zero-order valence-electron chi connectivity index (χ0n) is 10.8. The highest BCUT2D eigenvalue weighted by molar-refractivity contribution is 6.30. The Hall–Kier alpha value is -2.08. The van der Waals surface area contributed by atoms with Gasteiger partial charge in [-0.3, -0.25) is 9.89 Å². The summed E-state index contributed by atoms with van der Waals surface area (Å²) in [6.07, 6.45) is 3.01. The number of aryl methyl sites for hydroxylation is 1. The van der Waals surface area contributed by atoms with Gasteiger partial charge in [0.2, 0.25) is 0 Å². The molecule has 6 nitrogen and oxygen atoms in total. The molecule has 0 aliphatic heterocycles. The molecule has 0 aliphatic rings. The van der Waals surface area contributed by atoms with Crippen LogP contribution in [-0.2, 0) is 11.2 Å². The van der Waals surface area contributed by atoms with Crippen LogP contribution in [0.5, 0.6) is 5.75 Å². The molecule has 0 radical (unpaired) electrons. The smallest absolute Gasteiger partial charge is 0.257 e. The van der Waals surface area contributed by atoms with Crippen molar-refractivity contribution in [3.8, 4) is 5.75 Å². The number of hydrogen-bond acceptors (Lipinski definition) is 4. The van der Waals surface area contributed by atoms with E-state index < -0.39 is 0 Å². The molecule has 2 rings (SSSR count). The number of rotatable bonds is 7. The Kier molecular flexibility index (Phi) is 5.37. The number of H-pyrrole nitrogens is 1. The molecule has 0 atom stereocenters. The molecule has 7 heteroatoms. The van der Waals surface area contributed by atoms with Crippen LogP contribution in [0.4, 0.5) is 0 Å². The van der Waals surface area contributed by atoms with Crippen LogP contribution in [0.25, 0.3) is 0 Å². The van der Waals surface area contributed by atoms with Gasteiger partial charge in [-0.15, -0.1) is 0 Å². The number of aromatic amines is 1. The van der Waals surface area contributed by atoms with Crippen LogP contribution in [0.2, 0.25) is 5.02 Å². The average Bonchev–Trinajstić information content (AvgIpc) is 2.96. The molecule has 1 amide bonds. The third-order valence-electron chi connectivity index (χ3n) is 2.56. The van der Waals surface area contributed by atoms with Crippen LogP contribution in [0.15, 0.2) is 30.6 Å². The third-order valence-corrected chi connectivity index (χ3v) is 2.81. The van der Waals surface area contributed by atoms with Gasteiger partial charge in [0.25, 0.3) is 5.91 Å². The Balaban J connectivity index is 1.59. The van der Waals surface area contributed by atoms with Crippen LogP contribution in [0.3, 0.4) is 0 Å². The molecular formula is C13H15ClN4O2. The SMILES string of the molecule is O=C(COc1ccc(Cl)cc1)NCCCc1ncn[nH]1. The summed E-state index contributed by atoms with van der Waals surface area (Å²) in [6, 6.07) is 6.87. The van der Waals surface area contributed by atoms with E-state index in [1.54, 1.807) is 24.3 Å². The fraction of sp³-hybridized carbons (Fsp3) is 0.308. The first kappa shape index (κ1) is 14.3. The van der Waals surface area contributed by atoms with Crippen molar-refractivity contribution in [2.24, 2.45) is 0 Å². The standard InChI is InChI=1S/C13H15ClN4O2/c14-10-3-5-11(6-4-10)20-8-13(19)15-7-1-2-12-16-9-17-18-12/h3-6,9H,1-2,7-8H2,(H,15,19)(H,16,17,18). The van der Waals surface area contributed by atoms with E-state index >= 15 is 0 Å². The first-order valence-electron chi connectivity index (χ1n) is 6.23. The molecular weight excluding hydrogens is 280 g/mol. The van der Waals surface area contributed by atoms with E-state index in [0.29, 0.717) is 17.3 Å². The van der Waals surface area contributed by atoms with E-state index in [-0.39, 0.29) is 12.5 Å². The van der Waals surface area contributed by atoms with Gasteiger partial charge in [-0.2, -0.15) is 5.10 Å². The first-order chi connectivity index (χ1) is 9.74. The van der Waals surface area contributed by atoms with Gasteiger partial charge in [0.05, 0.1) is 0 Å². The maximum atomic E-state index is 11.5. The molecule has 2 N–H and O–H groups in total. The van der Waals surface area contributed by atoms with Gasteiger partial charge in [-0.05, 0) is 30.7 Å². The molecule has 2 aromatic rings. The van der Waals surface area contributed by atoms with E-state index in [2.05, 4.69) is 20.5 Å². The maximum absolute atomic E-state index is 11.5. The van der Waals surface area contributed by atoms with Crippen molar-refractivity contribution in [2.75, 3.05) is 13.2 Å². The summed E-state index contributed by atoms with van der Waals surface area (Å²) in [5, 5.41) is 9.93. The van der Waals surface area contributed by atoms with E-state index in [0.717, 1.165) is 18.7 Å². The zero-order valence-corrected chi connectivity index (χ0v) is 11.6. The minimum Gasteiger partial charge on any atom is -0.484 e. The number of benzene rings is 1. The molecule has 1 heterocycles. The number of amides is 1. The third kappa shape index (κ3) is 4.89. The molecule has 0 saturated carbocycles. The molecule has 0 saturated heterocycles. The molecule has 1 aromatic heterocycles. The molecule has 0 fully saturated rings. The number of ether oxygens (including phenoxy) is 1. The fourth-order valence-electron chi connectivity index (χ4n) is 1.57. The molecule has 0 spiro atoms.